The topological polar surface area (TPSA) is 84.9 Å². The van der Waals surface area contributed by atoms with Gasteiger partial charge in [0.05, 0.1) is 24.7 Å². The number of nitrogens with one attached hydrogen (secondary N) is 1. The zero-order valence-electron chi connectivity index (χ0n) is 16.0. The van der Waals surface area contributed by atoms with Gasteiger partial charge < -0.3 is 14.8 Å². The number of methoxy groups -OCH3 is 2. The van der Waals surface area contributed by atoms with Gasteiger partial charge in [0, 0.05) is 19.6 Å². The second kappa shape index (κ2) is 8.62. The van der Waals surface area contributed by atoms with Crippen LogP contribution in [0.1, 0.15) is 28.8 Å². The summed E-state index contributed by atoms with van der Waals surface area (Å²) in [5, 5.41) is 2.82. The highest BCUT2D eigenvalue weighted by Crippen LogP contribution is 2.30. The van der Waals surface area contributed by atoms with Crippen LogP contribution < -0.4 is 14.8 Å². The predicted molar refractivity (Wildman–Crippen MR) is 105 cm³/mol. The molecule has 1 amide bonds. The molecule has 1 aliphatic heterocycles. The molecule has 0 unspecified atom stereocenters. The molecule has 0 aromatic heterocycles. The Hall–Kier alpha value is -2.58. The van der Waals surface area contributed by atoms with Gasteiger partial charge in [-0.25, -0.2) is 8.42 Å². The van der Waals surface area contributed by atoms with Gasteiger partial charge in [0.15, 0.2) is 11.5 Å². The average Bonchev–Trinajstić information content (AvgIpc) is 3.27. The minimum Gasteiger partial charge on any atom is -0.493 e. The number of ether oxygens (including phenoxy) is 2. The molecule has 7 nitrogen and oxygen atoms in total. The monoisotopic (exact) mass is 404 g/mol. The number of rotatable bonds is 7. The van der Waals surface area contributed by atoms with Gasteiger partial charge in [0.25, 0.3) is 5.91 Å². The maximum absolute atomic E-state index is 12.6. The molecule has 0 aliphatic carbocycles. The third kappa shape index (κ3) is 4.13. The number of hydrogen-bond donors (Lipinski definition) is 1. The van der Waals surface area contributed by atoms with E-state index in [1.807, 2.05) is 0 Å². The lowest BCUT2D eigenvalue weighted by Gasteiger charge is -2.16. The van der Waals surface area contributed by atoms with Gasteiger partial charge in [-0.2, -0.15) is 4.31 Å². The first kappa shape index (κ1) is 20.2. The van der Waals surface area contributed by atoms with Crippen molar-refractivity contribution in [2.75, 3.05) is 27.3 Å². The molecule has 150 valence electrons. The molecule has 0 bridgehead atoms. The summed E-state index contributed by atoms with van der Waals surface area (Å²) in [6, 6.07) is 11.7. The Morgan fingerprint density at radius 3 is 2.32 bits per heavy atom. The number of amides is 1. The lowest BCUT2D eigenvalue weighted by Crippen LogP contribution is -2.28. The lowest BCUT2D eigenvalue weighted by molar-refractivity contribution is 0.0947. The summed E-state index contributed by atoms with van der Waals surface area (Å²) >= 11 is 0. The van der Waals surface area contributed by atoms with Crippen LogP contribution in [0.2, 0.25) is 0 Å². The molecule has 3 rings (SSSR count). The Morgan fingerprint density at radius 2 is 1.71 bits per heavy atom. The molecule has 2 aromatic rings. The van der Waals surface area contributed by atoms with E-state index < -0.39 is 10.0 Å². The summed E-state index contributed by atoms with van der Waals surface area (Å²) in [5.74, 6) is 0.547. The SMILES string of the molecule is COc1cccc(C(=O)NCc2ccc(S(=O)(=O)N3CCCC3)cc2)c1OC. The summed E-state index contributed by atoms with van der Waals surface area (Å²) in [6.07, 6.45) is 1.80. The van der Waals surface area contributed by atoms with E-state index in [1.54, 1.807) is 42.5 Å². The minimum absolute atomic E-state index is 0.267. The Bertz CT molecular complexity index is 936. The molecule has 28 heavy (non-hydrogen) atoms. The van der Waals surface area contributed by atoms with Gasteiger partial charge in [-0.3, -0.25) is 4.79 Å². The first-order chi connectivity index (χ1) is 13.5. The van der Waals surface area contributed by atoms with E-state index in [9.17, 15) is 13.2 Å². The van der Waals surface area contributed by atoms with Crippen molar-refractivity contribution in [3.8, 4) is 11.5 Å². The molecular weight excluding hydrogens is 380 g/mol. The van der Waals surface area contributed by atoms with Gasteiger partial charge in [-0.15, -0.1) is 0 Å². The van der Waals surface area contributed by atoms with E-state index in [4.69, 9.17) is 9.47 Å². The van der Waals surface area contributed by atoms with Crippen LogP contribution in [0, 0.1) is 0 Å². The normalized spacial score (nSPS) is 14.6. The smallest absolute Gasteiger partial charge is 0.255 e. The number of nitrogens with zero attached hydrogens (tertiary/aromatic N) is 1. The standard InChI is InChI=1S/C20H24N2O5S/c1-26-18-7-5-6-17(19(18)27-2)20(23)21-14-15-8-10-16(11-9-15)28(24,25)22-12-3-4-13-22/h5-11H,3-4,12-14H2,1-2H3,(H,21,23). The quantitative estimate of drug-likeness (QED) is 0.766. The zero-order valence-corrected chi connectivity index (χ0v) is 16.8. The molecular formula is C20H24N2O5S. The molecule has 0 atom stereocenters. The highest BCUT2D eigenvalue weighted by molar-refractivity contribution is 7.89. The summed E-state index contributed by atoms with van der Waals surface area (Å²) in [4.78, 5) is 12.8. The van der Waals surface area contributed by atoms with E-state index in [0.29, 0.717) is 30.2 Å². The minimum atomic E-state index is -3.43. The van der Waals surface area contributed by atoms with E-state index in [-0.39, 0.29) is 17.3 Å². The largest absolute Gasteiger partial charge is 0.493 e. The first-order valence-electron chi connectivity index (χ1n) is 9.05. The molecule has 0 spiro atoms. The van der Waals surface area contributed by atoms with Crippen LogP contribution in [-0.2, 0) is 16.6 Å². The van der Waals surface area contributed by atoms with Crippen molar-refractivity contribution in [2.45, 2.75) is 24.3 Å². The number of para-hydroxylation sites is 1. The second-order valence-electron chi connectivity index (χ2n) is 6.48. The number of hydrogen-bond acceptors (Lipinski definition) is 5. The Morgan fingerprint density at radius 1 is 1.04 bits per heavy atom. The predicted octanol–water partition coefficient (Wildman–Crippen LogP) is 2.42. The van der Waals surface area contributed by atoms with Crippen molar-refractivity contribution in [3.05, 3.63) is 53.6 Å². The van der Waals surface area contributed by atoms with Crippen molar-refractivity contribution in [1.29, 1.82) is 0 Å². The van der Waals surface area contributed by atoms with Gasteiger partial charge >= 0.3 is 0 Å². The van der Waals surface area contributed by atoms with Crippen LogP contribution in [0.3, 0.4) is 0 Å². The fraction of sp³-hybridized carbons (Fsp3) is 0.350. The number of sulfonamides is 1. The van der Waals surface area contributed by atoms with Gasteiger partial charge in [-0.05, 0) is 42.7 Å². The highest BCUT2D eigenvalue weighted by Gasteiger charge is 2.26. The van der Waals surface area contributed by atoms with Gasteiger partial charge in [0.2, 0.25) is 10.0 Å². The van der Waals surface area contributed by atoms with Crippen molar-refractivity contribution in [1.82, 2.24) is 9.62 Å². The van der Waals surface area contributed by atoms with E-state index in [0.717, 1.165) is 18.4 Å². The van der Waals surface area contributed by atoms with Crippen LogP contribution in [0.25, 0.3) is 0 Å². The van der Waals surface area contributed by atoms with E-state index in [2.05, 4.69) is 5.32 Å². The van der Waals surface area contributed by atoms with Crippen LogP contribution >= 0.6 is 0 Å². The number of benzene rings is 2. The first-order valence-corrected chi connectivity index (χ1v) is 10.5. The number of carbonyl (C=O) groups excluding carboxylic acids is 1. The lowest BCUT2D eigenvalue weighted by atomic mass is 10.1. The maximum Gasteiger partial charge on any atom is 0.255 e. The zero-order chi connectivity index (χ0) is 20.1. The van der Waals surface area contributed by atoms with Crippen LogP contribution in [-0.4, -0.2) is 45.9 Å². The Kier molecular flexibility index (Phi) is 6.21. The third-order valence-corrected chi connectivity index (χ3v) is 6.64. The number of carbonyl (C=O) groups is 1. The van der Waals surface area contributed by atoms with Crippen LogP contribution in [0.4, 0.5) is 0 Å². The second-order valence-corrected chi connectivity index (χ2v) is 8.42. The molecule has 1 fully saturated rings. The molecule has 1 saturated heterocycles. The van der Waals surface area contributed by atoms with Crippen LogP contribution in [0.15, 0.2) is 47.4 Å². The van der Waals surface area contributed by atoms with Gasteiger partial charge in [-0.1, -0.05) is 18.2 Å². The molecule has 8 heteroatoms. The molecule has 2 aromatic carbocycles. The van der Waals surface area contributed by atoms with E-state index >= 15 is 0 Å². The summed E-state index contributed by atoms with van der Waals surface area (Å²) in [7, 11) is -0.439. The molecule has 1 N–H and O–H groups in total. The van der Waals surface area contributed by atoms with Crippen molar-refractivity contribution in [3.63, 3.8) is 0 Å². The molecule has 1 aliphatic rings. The van der Waals surface area contributed by atoms with Gasteiger partial charge in [0.1, 0.15) is 0 Å². The summed E-state index contributed by atoms with van der Waals surface area (Å²) < 4.78 is 37.1. The fourth-order valence-electron chi connectivity index (χ4n) is 3.20. The molecule has 0 saturated carbocycles. The van der Waals surface area contributed by atoms with E-state index in [1.165, 1.54) is 18.5 Å². The van der Waals surface area contributed by atoms with Crippen molar-refractivity contribution < 1.29 is 22.7 Å². The Balaban J connectivity index is 1.68. The summed E-state index contributed by atoms with van der Waals surface area (Å²) in [5.41, 5.74) is 1.17. The van der Waals surface area contributed by atoms with Crippen molar-refractivity contribution >= 4 is 15.9 Å². The van der Waals surface area contributed by atoms with Crippen LogP contribution in [0.5, 0.6) is 11.5 Å². The van der Waals surface area contributed by atoms with Crippen molar-refractivity contribution in [2.24, 2.45) is 0 Å². The molecule has 0 radical (unpaired) electrons. The Labute approximate surface area is 165 Å². The average molecular weight is 404 g/mol. The summed E-state index contributed by atoms with van der Waals surface area (Å²) in [6.45, 7) is 1.41. The third-order valence-electron chi connectivity index (χ3n) is 4.73. The molecule has 1 heterocycles. The maximum atomic E-state index is 12.6. The fourth-order valence-corrected chi connectivity index (χ4v) is 4.72. The highest BCUT2D eigenvalue weighted by atomic mass is 32.2.